The van der Waals surface area contributed by atoms with Gasteiger partial charge in [-0.2, -0.15) is 16.9 Å². The Morgan fingerprint density at radius 2 is 2.15 bits per heavy atom. The second-order valence-corrected chi connectivity index (χ2v) is 6.94. The molecule has 1 fully saturated rings. The maximum absolute atomic E-state index is 6.23. The maximum atomic E-state index is 6.23. The molecule has 1 aliphatic carbocycles. The lowest BCUT2D eigenvalue weighted by molar-refractivity contribution is 0.536. The number of hydrogen-bond acceptors (Lipinski definition) is 4. The summed E-state index contributed by atoms with van der Waals surface area (Å²) in [7, 11) is 2.00. The molecule has 5 nitrogen and oxygen atoms in total. The number of fused-ring (bicyclic) bond motifs is 1. The molecule has 0 radical (unpaired) electrons. The van der Waals surface area contributed by atoms with Crippen LogP contribution in [0.15, 0.2) is 0 Å². The summed E-state index contributed by atoms with van der Waals surface area (Å²) in [6.45, 7) is 4.34. The van der Waals surface area contributed by atoms with Crippen LogP contribution in [-0.4, -0.2) is 30.3 Å². The molecule has 6 heteroatoms. The van der Waals surface area contributed by atoms with Crippen molar-refractivity contribution in [2.75, 3.05) is 11.5 Å². The zero-order chi connectivity index (χ0) is 14.3. The van der Waals surface area contributed by atoms with Gasteiger partial charge in [-0.3, -0.25) is 9.25 Å². The van der Waals surface area contributed by atoms with E-state index in [0.29, 0.717) is 17.2 Å². The van der Waals surface area contributed by atoms with E-state index in [2.05, 4.69) is 28.5 Å². The maximum Gasteiger partial charge on any atom is 0.202 e. The normalized spacial score (nSPS) is 22.9. The third kappa shape index (κ3) is 2.01. The van der Waals surface area contributed by atoms with E-state index in [1.165, 1.54) is 19.3 Å². The molecule has 0 aromatic carbocycles. The summed E-state index contributed by atoms with van der Waals surface area (Å²) in [6, 6.07) is 0.463. The highest BCUT2D eigenvalue weighted by Gasteiger charge is 2.32. The van der Waals surface area contributed by atoms with E-state index in [0.717, 1.165) is 29.0 Å². The van der Waals surface area contributed by atoms with Crippen molar-refractivity contribution in [1.29, 1.82) is 0 Å². The van der Waals surface area contributed by atoms with Gasteiger partial charge in [0.15, 0.2) is 5.65 Å². The van der Waals surface area contributed by atoms with Crippen LogP contribution in [0.4, 0.5) is 5.95 Å². The SMILES string of the molecule is CCSC1CCCC1n1c(N)nc2c(CC)nn(C)c21. The summed E-state index contributed by atoms with van der Waals surface area (Å²) < 4.78 is 4.19. The lowest BCUT2D eigenvalue weighted by atomic mass is 10.2. The quantitative estimate of drug-likeness (QED) is 0.941. The molecule has 0 spiro atoms. The summed E-state index contributed by atoms with van der Waals surface area (Å²) in [6.07, 6.45) is 4.65. The van der Waals surface area contributed by atoms with Crippen molar-refractivity contribution < 1.29 is 0 Å². The number of thioether (sulfide) groups is 1. The number of nitrogen functional groups attached to an aromatic ring is 1. The molecule has 2 N–H and O–H groups in total. The van der Waals surface area contributed by atoms with E-state index in [-0.39, 0.29) is 0 Å². The van der Waals surface area contributed by atoms with E-state index in [9.17, 15) is 0 Å². The molecule has 2 unspecified atom stereocenters. The van der Waals surface area contributed by atoms with Gasteiger partial charge in [-0.25, -0.2) is 4.98 Å². The Morgan fingerprint density at radius 3 is 2.85 bits per heavy atom. The predicted molar refractivity (Wildman–Crippen MR) is 85.1 cm³/mol. The molecular formula is C14H23N5S. The first-order chi connectivity index (χ1) is 9.67. The lowest BCUT2D eigenvalue weighted by Gasteiger charge is -2.21. The van der Waals surface area contributed by atoms with Gasteiger partial charge in [0.1, 0.15) is 5.52 Å². The second-order valence-electron chi connectivity index (χ2n) is 5.43. The number of rotatable bonds is 4. The van der Waals surface area contributed by atoms with Crippen molar-refractivity contribution in [2.24, 2.45) is 7.05 Å². The average Bonchev–Trinajstić information content (AvgIpc) is 3.07. The molecule has 0 saturated heterocycles. The van der Waals surface area contributed by atoms with Crippen LogP contribution >= 0.6 is 11.8 Å². The van der Waals surface area contributed by atoms with Crippen LogP contribution in [0.3, 0.4) is 0 Å². The first-order valence-electron chi connectivity index (χ1n) is 7.48. The van der Waals surface area contributed by atoms with Gasteiger partial charge in [0.2, 0.25) is 5.95 Å². The monoisotopic (exact) mass is 293 g/mol. The van der Waals surface area contributed by atoms with Crippen molar-refractivity contribution in [3.05, 3.63) is 5.69 Å². The van der Waals surface area contributed by atoms with Crippen LogP contribution in [0, 0.1) is 0 Å². The molecule has 110 valence electrons. The Labute approximate surface area is 123 Å². The number of nitrogens with two attached hydrogens (primary N) is 1. The fraction of sp³-hybridized carbons (Fsp3) is 0.714. The average molecular weight is 293 g/mol. The van der Waals surface area contributed by atoms with Gasteiger partial charge in [0.25, 0.3) is 0 Å². The summed E-state index contributed by atoms with van der Waals surface area (Å²) in [4.78, 5) is 4.59. The molecule has 0 aliphatic heterocycles. The molecule has 1 saturated carbocycles. The van der Waals surface area contributed by atoms with E-state index in [4.69, 9.17) is 5.73 Å². The van der Waals surface area contributed by atoms with Crippen LogP contribution in [0.5, 0.6) is 0 Å². The minimum Gasteiger partial charge on any atom is -0.369 e. The van der Waals surface area contributed by atoms with Gasteiger partial charge in [-0.05, 0) is 25.0 Å². The molecule has 3 rings (SSSR count). The number of nitrogens with zero attached hydrogens (tertiary/aromatic N) is 4. The van der Waals surface area contributed by atoms with E-state index in [1.54, 1.807) is 0 Å². The molecule has 1 aliphatic rings. The zero-order valence-corrected chi connectivity index (χ0v) is 13.3. The van der Waals surface area contributed by atoms with Crippen LogP contribution in [-0.2, 0) is 13.5 Å². The molecule has 2 heterocycles. The van der Waals surface area contributed by atoms with Gasteiger partial charge in [0, 0.05) is 12.3 Å². The third-order valence-corrected chi connectivity index (χ3v) is 5.54. The van der Waals surface area contributed by atoms with E-state index < -0.39 is 0 Å². The molecule has 2 atom stereocenters. The third-order valence-electron chi connectivity index (χ3n) is 4.23. The first-order valence-corrected chi connectivity index (χ1v) is 8.53. The summed E-state index contributed by atoms with van der Waals surface area (Å²) >= 11 is 2.05. The van der Waals surface area contributed by atoms with Crippen molar-refractivity contribution in [2.45, 2.75) is 50.8 Å². The number of anilines is 1. The second kappa shape index (κ2) is 5.31. The fourth-order valence-electron chi connectivity index (χ4n) is 3.39. The molecule has 0 bridgehead atoms. The summed E-state index contributed by atoms with van der Waals surface area (Å²) in [5.74, 6) is 1.81. The van der Waals surface area contributed by atoms with Gasteiger partial charge in [-0.1, -0.05) is 20.3 Å². The fourth-order valence-corrected chi connectivity index (χ4v) is 4.64. The smallest absolute Gasteiger partial charge is 0.202 e. The Bertz CT molecular complexity index is 615. The largest absolute Gasteiger partial charge is 0.369 e. The molecule has 2 aromatic heterocycles. The molecular weight excluding hydrogens is 270 g/mol. The zero-order valence-electron chi connectivity index (χ0n) is 12.5. The van der Waals surface area contributed by atoms with Crippen molar-refractivity contribution >= 4 is 28.9 Å². The predicted octanol–water partition coefficient (Wildman–Crippen LogP) is 2.76. The summed E-state index contributed by atoms with van der Waals surface area (Å²) in [5, 5.41) is 5.24. The molecule has 0 amide bonds. The van der Waals surface area contributed by atoms with Gasteiger partial charge < -0.3 is 5.73 Å². The van der Waals surface area contributed by atoms with E-state index in [1.807, 2.05) is 23.5 Å². The van der Waals surface area contributed by atoms with E-state index >= 15 is 0 Å². The lowest BCUT2D eigenvalue weighted by Crippen LogP contribution is -2.19. The number of aromatic nitrogens is 4. The molecule has 20 heavy (non-hydrogen) atoms. The van der Waals surface area contributed by atoms with Crippen LogP contribution in [0.2, 0.25) is 0 Å². The number of hydrogen-bond donors (Lipinski definition) is 1. The highest BCUT2D eigenvalue weighted by molar-refractivity contribution is 7.99. The van der Waals surface area contributed by atoms with Crippen molar-refractivity contribution in [1.82, 2.24) is 19.3 Å². The minimum atomic E-state index is 0.463. The minimum absolute atomic E-state index is 0.463. The molecule has 2 aromatic rings. The topological polar surface area (TPSA) is 61.7 Å². The van der Waals surface area contributed by atoms with Gasteiger partial charge >= 0.3 is 0 Å². The Morgan fingerprint density at radius 1 is 1.35 bits per heavy atom. The van der Waals surface area contributed by atoms with Gasteiger partial charge in [0.05, 0.1) is 11.7 Å². The Kier molecular flexibility index (Phi) is 3.67. The first kappa shape index (κ1) is 13.8. The highest BCUT2D eigenvalue weighted by Crippen LogP contribution is 2.41. The van der Waals surface area contributed by atoms with Crippen LogP contribution in [0.25, 0.3) is 11.2 Å². The van der Waals surface area contributed by atoms with Crippen LogP contribution < -0.4 is 5.73 Å². The Hall–Kier alpha value is -1.17. The Balaban J connectivity index is 2.11. The van der Waals surface area contributed by atoms with Crippen molar-refractivity contribution in [3.8, 4) is 0 Å². The van der Waals surface area contributed by atoms with Gasteiger partial charge in [-0.15, -0.1) is 0 Å². The summed E-state index contributed by atoms with van der Waals surface area (Å²) in [5.41, 5.74) is 9.35. The van der Waals surface area contributed by atoms with Crippen molar-refractivity contribution in [3.63, 3.8) is 0 Å². The highest BCUT2D eigenvalue weighted by atomic mass is 32.2. The van der Waals surface area contributed by atoms with Crippen LogP contribution in [0.1, 0.15) is 44.8 Å². The number of aryl methyl sites for hydroxylation is 2. The number of imidazole rings is 1. The standard InChI is InChI=1S/C14H23N5S/c1-4-9-12-13(18(3)17-9)19(14(15)16-12)10-7-6-8-11(10)20-5-2/h10-11H,4-8H2,1-3H3,(H2,15,16).